The summed E-state index contributed by atoms with van der Waals surface area (Å²) in [6.07, 6.45) is 3.09. The molecule has 0 bridgehead atoms. The topological polar surface area (TPSA) is 87.3 Å². The molecule has 0 unspecified atom stereocenters. The zero-order valence-corrected chi connectivity index (χ0v) is 17.3. The second kappa shape index (κ2) is 10.0. The quantitative estimate of drug-likeness (QED) is 0.528. The molecule has 0 aromatic heterocycles. The third-order valence-electron chi connectivity index (χ3n) is 4.70. The van der Waals surface area contributed by atoms with Gasteiger partial charge in [-0.05, 0) is 60.5 Å². The van der Waals surface area contributed by atoms with Crippen LogP contribution >= 0.6 is 0 Å². The van der Waals surface area contributed by atoms with E-state index >= 15 is 0 Å². The zero-order chi connectivity index (χ0) is 22.2. The first kappa shape index (κ1) is 21.5. The lowest BCUT2D eigenvalue weighted by atomic mass is 10.1. The Morgan fingerprint density at radius 1 is 0.710 bits per heavy atom. The Balaban J connectivity index is 1.66. The maximum absolute atomic E-state index is 12.4. The van der Waals surface area contributed by atoms with Gasteiger partial charge in [0.1, 0.15) is 0 Å². The minimum Gasteiger partial charge on any atom is -0.355 e. The molecule has 3 amide bonds. The van der Waals surface area contributed by atoms with Crippen molar-refractivity contribution in [3.63, 3.8) is 0 Å². The van der Waals surface area contributed by atoms with E-state index in [1.54, 1.807) is 79.9 Å². The number of nitrogens with one attached hydrogen (secondary N) is 3. The minimum atomic E-state index is -0.301. The van der Waals surface area contributed by atoms with Gasteiger partial charge in [0.05, 0.1) is 0 Å². The first-order valence-corrected chi connectivity index (χ1v) is 9.75. The van der Waals surface area contributed by atoms with Crippen molar-refractivity contribution in [1.82, 2.24) is 5.32 Å². The fourth-order valence-electron chi connectivity index (χ4n) is 2.93. The highest BCUT2D eigenvalue weighted by atomic mass is 16.2. The van der Waals surface area contributed by atoms with E-state index in [2.05, 4.69) is 16.0 Å². The third kappa shape index (κ3) is 5.67. The summed E-state index contributed by atoms with van der Waals surface area (Å²) in [5.74, 6) is -0.680. The molecule has 0 aliphatic carbocycles. The molecular formula is C25H23N3O3. The Morgan fingerprint density at radius 3 is 1.97 bits per heavy atom. The first-order valence-electron chi connectivity index (χ1n) is 9.75. The third-order valence-corrected chi connectivity index (χ3v) is 4.70. The molecule has 6 nitrogen and oxygen atoms in total. The minimum absolute atomic E-state index is 0.164. The number of hydrogen-bond acceptors (Lipinski definition) is 3. The van der Waals surface area contributed by atoms with Crippen LogP contribution in [0.3, 0.4) is 0 Å². The molecule has 6 heteroatoms. The lowest BCUT2D eigenvalue weighted by Gasteiger charge is -2.13. The number of carbonyl (C=O) groups excluding carboxylic acids is 3. The van der Waals surface area contributed by atoms with Crippen molar-refractivity contribution in [2.75, 3.05) is 17.7 Å². The monoisotopic (exact) mass is 413 g/mol. The summed E-state index contributed by atoms with van der Waals surface area (Å²) < 4.78 is 0. The molecule has 0 fully saturated rings. The fourth-order valence-corrected chi connectivity index (χ4v) is 2.93. The molecular weight excluding hydrogens is 390 g/mol. The molecule has 0 atom stereocenters. The van der Waals surface area contributed by atoms with Crippen molar-refractivity contribution < 1.29 is 14.4 Å². The van der Waals surface area contributed by atoms with Crippen molar-refractivity contribution in [1.29, 1.82) is 0 Å². The van der Waals surface area contributed by atoms with E-state index in [4.69, 9.17) is 0 Å². The van der Waals surface area contributed by atoms with Crippen molar-refractivity contribution >= 4 is 35.2 Å². The van der Waals surface area contributed by atoms with Crippen LogP contribution in [0.25, 0.3) is 6.08 Å². The summed E-state index contributed by atoms with van der Waals surface area (Å²) in [6.45, 7) is 1.83. The Bertz CT molecular complexity index is 1120. The van der Waals surface area contributed by atoms with E-state index < -0.39 is 0 Å². The van der Waals surface area contributed by atoms with Crippen LogP contribution in [-0.2, 0) is 4.79 Å². The van der Waals surface area contributed by atoms with Crippen molar-refractivity contribution in [3.05, 3.63) is 101 Å². The smallest absolute Gasteiger partial charge is 0.255 e. The van der Waals surface area contributed by atoms with E-state index in [-0.39, 0.29) is 17.7 Å². The van der Waals surface area contributed by atoms with E-state index in [9.17, 15) is 14.4 Å². The average Bonchev–Trinajstić information content (AvgIpc) is 2.80. The normalized spacial score (nSPS) is 10.5. The highest BCUT2D eigenvalue weighted by Gasteiger charge is 2.10. The number of carbonyl (C=O) groups is 3. The maximum Gasteiger partial charge on any atom is 0.255 e. The molecule has 0 radical (unpaired) electrons. The Kier molecular flexibility index (Phi) is 6.96. The molecule has 0 saturated carbocycles. The summed E-state index contributed by atoms with van der Waals surface area (Å²) >= 11 is 0. The van der Waals surface area contributed by atoms with Gasteiger partial charge in [0, 0.05) is 35.6 Å². The van der Waals surface area contributed by atoms with Crippen LogP contribution in [0, 0.1) is 6.92 Å². The Hall–Kier alpha value is -4.19. The molecule has 31 heavy (non-hydrogen) atoms. The molecule has 0 saturated heterocycles. The van der Waals surface area contributed by atoms with Crippen molar-refractivity contribution in [3.8, 4) is 0 Å². The van der Waals surface area contributed by atoms with Gasteiger partial charge in [0.15, 0.2) is 0 Å². The summed E-state index contributed by atoms with van der Waals surface area (Å²) in [6, 6.07) is 21.2. The lowest BCUT2D eigenvalue weighted by molar-refractivity contribution is -0.111. The summed E-state index contributed by atoms with van der Waals surface area (Å²) in [7, 11) is 1.57. The zero-order valence-electron chi connectivity index (χ0n) is 17.3. The van der Waals surface area contributed by atoms with Gasteiger partial charge in [-0.2, -0.15) is 0 Å². The molecule has 3 rings (SSSR count). The van der Waals surface area contributed by atoms with Crippen LogP contribution in [0.1, 0.15) is 31.8 Å². The van der Waals surface area contributed by atoms with E-state index in [1.165, 1.54) is 6.08 Å². The second-order valence-corrected chi connectivity index (χ2v) is 6.82. The van der Waals surface area contributed by atoms with Gasteiger partial charge in [-0.25, -0.2) is 0 Å². The maximum atomic E-state index is 12.4. The van der Waals surface area contributed by atoms with Gasteiger partial charge < -0.3 is 16.0 Å². The van der Waals surface area contributed by atoms with E-state index in [1.807, 2.05) is 13.0 Å². The largest absolute Gasteiger partial charge is 0.355 e. The predicted molar refractivity (Wildman–Crippen MR) is 123 cm³/mol. The fraction of sp³-hybridized carbons (Fsp3) is 0.0800. The lowest BCUT2D eigenvalue weighted by Crippen LogP contribution is -2.17. The highest BCUT2D eigenvalue weighted by Crippen LogP contribution is 2.24. The van der Waals surface area contributed by atoms with Crippen molar-refractivity contribution in [2.45, 2.75) is 6.92 Å². The van der Waals surface area contributed by atoms with Gasteiger partial charge in [-0.1, -0.05) is 36.4 Å². The number of hydrogen-bond donors (Lipinski definition) is 3. The van der Waals surface area contributed by atoms with Crippen LogP contribution in [0.2, 0.25) is 0 Å². The molecule has 3 aromatic carbocycles. The average molecular weight is 413 g/mol. The predicted octanol–water partition coefficient (Wildman–Crippen LogP) is 4.26. The number of anilines is 2. The summed E-state index contributed by atoms with van der Waals surface area (Å²) in [5, 5.41) is 8.27. The Labute approximate surface area is 181 Å². The summed E-state index contributed by atoms with van der Waals surface area (Å²) in [5.41, 5.74) is 3.89. The van der Waals surface area contributed by atoms with Gasteiger partial charge >= 0.3 is 0 Å². The molecule has 0 heterocycles. The number of rotatable bonds is 6. The van der Waals surface area contributed by atoms with Crippen LogP contribution in [0.4, 0.5) is 11.4 Å². The highest BCUT2D eigenvalue weighted by molar-refractivity contribution is 6.06. The van der Waals surface area contributed by atoms with Crippen molar-refractivity contribution in [2.24, 2.45) is 0 Å². The van der Waals surface area contributed by atoms with Gasteiger partial charge in [-0.3, -0.25) is 14.4 Å². The molecule has 3 N–H and O–H groups in total. The van der Waals surface area contributed by atoms with E-state index in [0.717, 1.165) is 11.1 Å². The molecule has 0 aliphatic heterocycles. The van der Waals surface area contributed by atoms with Crippen LogP contribution in [-0.4, -0.2) is 24.8 Å². The standard InChI is InChI=1S/C25H23N3O3/c1-17-21(9-6-10-22(17)28-25(31)19-7-4-3-5-8-19)27-23(29)16-13-18-11-14-20(15-12-18)24(30)26-2/h3-16H,1-2H3,(H,26,30)(H,27,29)(H,28,31)/b16-13+. The Morgan fingerprint density at radius 2 is 1.32 bits per heavy atom. The van der Waals surface area contributed by atoms with Gasteiger partial charge in [-0.15, -0.1) is 0 Å². The molecule has 156 valence electrons. The molecule has 0 spiro atoms. The van der Waals surface area contributed by atoms with Crippen LogP contribution in [0.5, 0.6) is 0 Å². The number of amides is 3. The second-order valence-electron chi connectivity index (χ2n) is 6.82. The van der Waals surface area contributed by atoms with E-state index in [0.29, 0.717) is 22.5 Å². The molecule has 3 aromatic rings. The van der Waals surface area contributed by atoms with Crippen LogP contribution < -0.4 is 16.0 Å². The van der Waals surface area contributed by atoms with Gasteiger partial charge in [0.25, 0.3) is 11.8 Å². The first-order chi connectivity index (χ1) is 15.0. The van der Waals surface area contributed by atoms with Crippen LogP contribution in [0.15, 0.2) is 78.9 Å². The van der Waals surface area contributed by atoms with Gasteiger partial charge in [0.2, 0.25) is 5.91 Å². The summed E-state index contributed by atoms with van der Waals surface area (Å²) in [4.78, 5) is 36.4. The SMILES string of the molecule is CNC(=O)c1ccc(/C=C/C(=O)Nc2cccc(NC(=O)c3ccccc3)c2C)cc1. The molecule has 0 aliphatic rings. The number of benzene rings is 3.